The molecule has 0 spiro atoms. The summed E-state index contributed by atoms with van der Waals surface area (Å²) in [6, 6.07) is 8.67. The molecular formula is C22H14B4ClF2N3O4. The number of piperidine rings is 1. The fourth-order valence-corrected chi connectivity index (χ4v) is 4.29. The Hall–Kier alpha value is -3.07. The molecule has 0 saturated carbocycles. The smallest absolute Gasteiger partial charge is 0.349 e. The average molecular weight is 501 g/mol. The van der Waals surface area contributed by atoms with Crippen molar-refractivity contribution in [3.8, 4) is 0 Å². The van der Waals surface area contributed by atoms with Crippen molar-refractivity contribution in [2.75, 3.05) is 0 Å². The van der Waals surface area contributed by atoms with Crippen LogP contribution in [-0.4, -0.2) is 70.3 Å². The molecule has 2 aliphatic rings. The number of rotatable bonds is 5. The Labute approximate surface area is 215 Å². The highest BCUT2D eigenvalue weighted by molar-refractivity contribution is 6.42. The van der Waals surface area contributed by atoms with E-state index in [0.717, 1.165) is 17.0 Å². The van der Waals surface area contributed by atoms with E-state index in [1.807, 2.05) is 0 Å². The van der Waals surface area contributed by atoms with E-state index in [9.17, 15) is 28.0 Å². The van der Waals surface area contributed by atoms with Gasteiger partial charge in [-0.15, -0.1) is 0 Å². The number of halogens is 3. The molecule has 4 rings (SSSR count). The van der Waals surface area contributed by atoms with Crippen LogP contribution in [0.1, 0.15) is 39.4 Å². The lowest BCUT2D eigenvalue weighted by Crippen LogP contribution is -2.66. The van der Waals surface area contributed by atoms with Crippen LogP contribution in [0.4, 0.5) is 8.78 Å². The third-order valence-corrected chi connectivity index (χ3v) is 6.56. The number of nitrogens with zero attached hydrogens (tertiary/aromatic N) is 2. The summed E-state index contributed by atoms with van der Waals surface area (Å²) in [6.07, 6.45) is -0.358. The van der Waals surface area contributed by atoms with Crippen molar-refractivity contribution >= 4 is 66.7 Å². The maximum Gasteiger partial charge on any atom is 0.349 e. The van der Waals surface area contributed by atoms with Gasteiger partial charge < -0.3 is 15.0 Å². The average Bonchev–Trinajstić information content (AvgIpc) is 3.17. The third kappa shape index (κ3) is 4.13. The molecule has 8 radical (unpaired) electrons. The standard InChI is InChI=1S/C22H14B4ClF2N3O4/c23-15-8-16(33)32(26)20(36)21(15,25)31-9-11-7-10(1-6-14(11)18(31)34)17(24)30-19(35)22(28,29)12-2-4-13(27)5-3-12/h1-7,15,17H,8-9H2,(H,30,35)/t15?,17?,21-/m0/s1. The van der Waals surface area contributed by atoms with Gasteiger partial charge in [-0.2, -0.15) is 8.78 Å². The van der Waals surface area contributed by atoms with Crippen molar-refractivity contribution in [3.05, 3.63) is 69.7 Å². The van der Waals surface area contributed by atoms with Crippen molar-refractivity contribution in [2.24, 2.45) is 0 Å². The van der Waals surface area contributed by atoms with Crippen LogP contribution in [0, 0.1) is 0 Å². The number of benzene rings is 2. The second kappa shape index (κ2) is 9.10. The Morgan fingerprint density at radius 2 is 1.81 bits per heavy atom. The van der Waals surface area contributed by atoms with Crippen LogP contribution in [-0.2, 0) is 26.9 Å². The number of imide groups is 1. The zero-order chi connectivity index (χ0) is 26.6. The van der Waals surface area contributed by atoms with E-state index in [0.29, 0.717) is 10.4 Å². The molecule has 4 amide bonds. The summed E-state index contributed by atoms with van der Waals surface area (Å²) in [4.78, 5) is 51.2. The predicted octanol–water partition coefficient (Wildman–Crippen LogP) is 1.04. The summed E-state index contributed by atoms with van der Waals surface area (Å²) in [5.41, 5.74) is -1.92. The largest absolute Gasteiger partial charge is 0.352 e. The van der Waals surface area contributed by atoms with Crippen molar-refractivity contribution in [1.29, 1.82) is 0 Å². The van der Waals surface area contributed by atoms with E-state index >= 15 is 0 Å². The molecule has 2 heterocycles. The molecule has 1 fully saturated rings. The van der Waals surface area contributed by atoms with Gasteiger partial charge in [-0.1, -0.05) is 35.9 Å². The van der Waals surface area contributed by atoms with Crippen LogP contribution in [0.5, 0.6) is 0 Å². The van der Waals surface area contributed by atoms with E-state index in [-0.39, 0.29) is 29.1 Å². The Kier molecular flexibility index (Phi) is 6.58. The van der Waals surface area contributed by atoms with Crippen molar-refractivity contribution in [2.45, 2.75) is 36.1 Å². The number of amides is 4. The van der Waals surface area contributed by atoms with Gasteiger partial charge >= 0.3 is 5.92 Å². The predicted molar refractivity (Wildman–Crippen MR) is 129 cm³/mol. The maximum absolute atomic E-state index is 14.6. The Bertz CT molecular complexity index is 1280. The van der Waals surface area contributed by atoms with Crippen LogP contribution < -0.4 is 5.32 Å². The lowest BCUT2D eigenvalue weighted by atomic mass is 9.55. The van der Waals surface area contributed by atoms with Crippen molar-refractivity contribution < 1.29 is 28.0 Å². The zero-order valence-electron chi connectivity index (χ0n) is 18.6. The first-order valence-electron chi connectivity index (χ1n) is 10.6. The molecular weight excluding hydrogens is 487 g/mol. The minimum absolute atomic E-state index is 0.161. The molecule has 174 valence electrons. The molecule has 36 heavy (non-hydrogen) atoms. The van der Waals surface area contributed by atoms with Gasteiger partial charge in [0.05, 0.1) is 13.3 Å². The maximum atomic E-state index is 14.6. The highest BCUT2D eigenvalue weighted by Crippen LogP contribution is 2.39. The fraction of sp³-hybridized carbons (Fsp3) is 0.273. The molecule has 0 bridgehead atoms. The number of hydrogen-bond acceptors (Lipinski definition) is 4. The Morgan fingerprint density at radius 3 is 2.44 bits per heavy atom. The molecule has 0 aromatic heterocycles. The van der Waals surface area contributed by atoms with E-state index in [4.69, 9.17) is 43.1 Å². The summed E-state index contributed by atoms with van der Waals surface area (Å²) in [5, 5.41) is 2.29. The third-order valence-electron chi connectivity index (χ3n) is 6.31. The molecule has 2 aliphatic heterocycles. The van der Waals surface area contributed by atoms with Gasteiger partial charge in [0.25, 0.3) is 11.8 Å². The summed E-state index contributed by atoms with van der Waals surface area (Å²) < 4.78 is 29.2. The van der Waals surface area contributed by atoms with Gasteiger partial charge in [-0.3, -0.25) is 19.2 Å². The van der Waals surface area contributed by atoms with E-state index in [1.165, 1.54) is 30.3 Å². The molecule has 0 aliphatic carbocycles. The van der Waals surface area contributed by atoms with Crippen LogP contribution in [0.3, 0.4) is 0 Å². The molecule has 2 unspecified atom stereocenters. The summed E-state index contributed by atoms with van der Waals surface area (Å²) in [7, 11) is 23.7. The molecule has 1 N–H and O–H groups in total. The Morgan fingerprint density at radius 1 is 1.17 bits per heavy atom. The Balaban J connectivity index is 1.54. The van der Waals surface area contributed by atoms with Gasteiger partial charge in [-0.05, 0) is 35.1 Å². The summed E-state index contributed by atoms with van der Waals surface area (Å²) in [6.45, 7) is -0.193. The highest BCUT2D eigenvalue weighted by Gasteiger charge is 2.53. The van der Waals surface area contributed by atoms with Gasteiger partial charge in [0, 0.05) is 35.1 Å². The van der Waals surface area contributed by atoms with Crippen molar-refractivity contribution in [1.82, 2.24) is 15.0 Å². The minimum Gasteiger partial charge on any atom is -0.352 e. The van der Waals surface area contributed by atoms with Crippen LogP contribution >= 0.6 is 11.6 Å². The van der Waals surface area contributed by atoms with E-state index in [2.05, 4.69) is 5.32 Å². The van der Waals surface area contributed by atoms with Crippen molar-refractivity contribution in [3.63, 3.8) is 0 Å². The molecule has 7 nitrogen and oxygen atoms in total. The number of carbonyl (C=O) groups is 4. The van der Waals surface area contributed by atoms with Crippen LogP contribution in [0.25, 0.3) is 0 Å². The van der Waals surface area contributed by atoms with Gasteiger partial charge in [0.1, 0.15) is 15.7 Å². The molecule has 14 heteroatoms. The second-order valence-corrected chi connectivity index (χ2v) is 8.98. The number of nitrogens with one attached hydrogen (secondary N) is 1. The second-order valence-electron chi connectivity index (χ2n) is 8.55. The number of hydrogen-bond donors (Lipinski definition) is 1. The number of fused-ring (bicyclic) bond motifs is 1. The van der Waals surface area contributed by atoms with Crippen LogP contribution in [0.2, 0.25) is 10.8 Å². The topological polar surface area (TPSA) is 86.8 Å². The van der Waals surface area contributed by atoms with Gasteiger partial charge in [-0.25, -0.2) is 0 Å². The van der Waals surface area contributed by atoms with Gasteiger partial charge in [0.2, 0.25) is 19.8 Å². The number of carbonyl (C=O) groups excluding carboxylic acids is 4. The quantitative estimate of drug-likeness (QED) is 0.491. The molecule has 2 aromatic carbocycles. The minimum atomic E-state index is -3.89. The lowest BCUT2D eigenvalue weighted by molar-refractivity contribution is -0.148. The van der Waals surface area contributed by atoms with Gasteiger partial charge in [0.15, 0.2) is 0 Å². The first kappa shape index (κ1) is 26.0. The molecule has 1 saturated heterocycles. The normalized spacial score (nSPS) is 23.0. The van der Waals surface area contributed by atoms with E-state index in [1.54, 1.807) is 0 Å². The monoisotopic (exact) mass is 501 g/mol. The van der Waals surface area contributed by atoms with Crippen LogP contribution in [0.15, 0.2) is 42.5 Å². The molecule has 3 atom stereocenters. The molecule has 2 aromatic rings. The van der Waals surface area contributed by atoms with E-state index < -0.39 is 52.3 Å². The SMILES string of the molecule is [B]C(NC(=O)C(F)(F)c1ccc(Cl)cc1)c1ccc2c(c1)CN([C@]1([B])C(=O)N([B])C(=O)CC1[B])C2=O. The summed E-state index contributed by atoms with van der Waals surface area (Å²) in [5.74, 6) is -10.5. The first-order valence-corrected chi connectivity index (χ1v) is 11.0. The lowest BCUT2D eigenvalue weighted by Gasteiger charge is -2.48. The highest BCUT2D eigenvalue weighted by atomic mass is 35.5. The first-order chi connectivity index (χ1) is 16.8. The fourth-order valence-electron chi connectivity index (χ4n) is 4.16. The number of alkyl halides is 2. The summed E-state index contributed by atoms with van der Waals surface area (Å²) >= 11 is 5.71. The zero-order valence-corrected chi connectivity index (χ0v) is 19.3.